The van der Waals surface area contributed by atoms with Crippen molar-refractivity contribution in [3.05, 3.63) is 56.4 Å². The Hall–Kier alpha value is -0.750. The Morgan fingerprint density at radius 3 is 2.79 bits per heavy atom. The largest absolute Gasteiger partial charge is 0.329 e. The minimum Gasteiger partial charge on any atom is -0.329 e. The normalized spacial score (nSPS) is 12.9. The molecule has 102 valence electrons. The Morgan fingerprint density at radius 2 is 2.21 bits per heavy atom. The van der Waals surface area contributed by atoms with Gasteiger partial charge in [-0.3, -0.25) is 4.90 Å². The number of benzene rings is 1. The molecule has 1 heterocycles. The summed E-state index contributed by atoms with van der Waals surface area (Å²) >= 11 is 5.14. The molecule has 0 saturated heterocycles. The molecule has 1 atom stereocenters. The van der Waals surface area contributed by atoms with Crippen LogP contribution in [0.2, 0.25) is 0 Å². The highest BCUT2D eigenvalue weighted by Crippen LogP contribution is 2.28. The average Bonchev–Trinajstić information content (AvgIpc) is 2.85. The van der Waals surface area contributed by atoms with Gasteiger partial charge in [-0.1, -0.05) is 28.1 Å². The summed E-state index contributed by atoms with van der Waals surface area (Å²) in [6.45, 7) is 1.33. The van der Waals surface area contributed by atoms with Gasteiger partial charge in [-0.25, -0.2) is 4.39 Å². The van der Waals surface area contributed by atoms with Crippen molar-refractivity contribution in [2.75, 3.05) is 13.6 Å². The van der Waals surface area contributed by atoms with E-state index in [9.17, 15) is 4.39 Å². The number of thiophene rings is 1. The van der Waals surface area contributed by atoms with Crippen LogP contribution in [0, 0.1) is 5.82 Å². The second kappa shape index (κ2) is 6.61. The molecule has 1 unspecified atom stereocenters. The van der Waals surface area contributed by atoms with Crippen LogP contribution in [-0.2, 0) is 6.54 Å². The Balaban J connectivity index is 2.18. The van der Waals surface area contributed by atoms with E-state index in [1.807, 2.05) is 13.1 Å². The van der Waals surface area contributed by atoms with E-state index in [4.69, 9.17) is 5.73 Å². The van der Waals surface area contributed by atoms with Crippen molar-refractivity contribution >= 4 is 27.3 Å². The molecule has 0 amide bonds. The summed E-state index contributed by atoms with van der Waals surface area (Å²) < 4.78 is 13.9. The van der Waals surface area contributed by atoms with E-state index in [0.717, 1.165) is 16.6 Å². The van der Waals surface area contributed by atoms with Crippen LogP contribution >= 0.6 is 27.3 Å². The van der Waals surface area contributed by atoms with E-state index in [-0.39, 0.29) is 11.9 Å². The molecule has 19 heavy (non-hydrogen) atoms. The van der Waals surface area contributed by atoms with Gasteiger partial charge in [-0.2, -0.15) is 0 Å². The predicted octanol–water partition coefficient (Wildman–Crippen LogP) is 3.78. The van der Waals surface area contributed by atoms with Crippen molar-refractivity contribution in [3.63, 3.8) is 0 Å². The third-order valence-electron chi connectivity index (χ3n) is 3.06. The maximum Gasteiger partial charge on any atom is 0.124 e. The van der Waals surface area contributed by atoms with Crippen LogP contribution in [0.1, 0.15) is 16.5 Å². The molecule has 0 aliphatic carbocycles. The fourth-order valence-corrected chi connectivity index (χ4v) is 3.46. The number of hydrogen-bond acceptors (Lipinski definition) is 3. The highest BCUT2D eigenvalue weighted by molar-refractivity contribution is 9.10. The van der Waals surface area contributed by atoms with Crippen LogP contribution in [0.5, 0.6) is 0 Å². The molecular weight excluding hydrogens is 327 g/mol. The first-order chi connectivity index (χ1) is 9.11. The van der Waals surface area contributed by atoms with Gasteiger partial charge in [0.25, 0.3) is 0 Å². The van der Waals surface area contributed by atoms with Crippen molar-refractivity contribution in [1.82, 2.24) is 4.90 Å². The van der Waals surface area contributed by atoms with E-state index in [2.05, 4.69) is 32.3 Å². The number of nitrogens with two attached hydrogens (primary N) is 1. The molecule has 2 nitrogen and oxygen atoms in total. The smallest absolute Gasteiger partial charge is 0.124 e. The van der Waals surface area contributed by atoms with E-state index < -0.39 is 0 Å². The molecule has 0 saturated carbocycles. The highest BCUT2D eigenvalue weighted by Gasteiger charge is 2.18. The van der Waals surface area contributed by atoms with E-state index in [1.54, 1.807) is 17.4 Å². The van der Waals surface area contributed by atoms with Crippen molar-refractivity contribution in [2.45, 2.75) is 12.6 Å². The molecule has 0 fully saturated rings. The summed E-state index contributed by atoms with van der Waals surface area (Å²) in [6.07, 6.45) is 0. The molecule has 1 aromatic carbocycles. The van der Waals surface area contributed by atoms with E-state index in [0.29, 0.717) is 6.54 Å². The zero-order chi connectivity index (χ0) is 13.8. The second-order valence-electron chi connectivity index (χ2n) is 4.41. The van der Waals surface area contributed by atoms with Crippen LogP contribution in [0.25, 0.3) is 0 Å². The SMILES string of the molecule is CN(Cc1cccs1)C(CN)c1ccc(F)cc1Br. The number of likely N-dealkylation sites (N-methyl/N-ethyl adjacent to an activating group) is 1. The first kappa shape index (κ1) is 14.7. The summed E-state index contributed by atoms with van der Waals surface area (Å²) in [5.74, 6) is -0.243. The molecule has 0 aliphatic rings. The number of hydrogen-bond donors (Lipinski definition) is 1. The van der Waals surface area contributed by atoms with Gasteiger partial charge in [0.05, 0.1) is 0 Å². The lowest BCUT2D eigenvalue weighted by Gasteiger charge is -2.27. The summed E-state index contributed by atoms with van der Waals surface area (Å²) in [4.78, 5) is 3.48. The number of halogens is 2. The number of nitrogens with zero attached hydrogens (tertiary/aromatic N) is 1. The van der Waals surface area contributed by atoms with Crippen molar-refractivity contribution < 1.29 is 4.39 Å². The average molecular weight is 343 g/mol. The zero-order valence-corrected chi connectivity index (χ0v) is 13.0. The molecule has 2 N–H and O–H groups in total. The van der Waals surface area contributed by atoms with Crippen molar-refractivity contribution in [3.8, 4) is 0 Å². The molecule has 0 aliphatic heterocycles. The molecule has 2 aromatic rings. The summed E-state index contributed by atoms with van der Waals surface area (Å²) in [7, 11) is 2.03. The van der Waals surface area contributed by atoms with Crippen LogP contribution in [0.4, 0.5) is 4.39 Å². The Morgan fingerprint density at radius 1 is 1.42 bits per heavy atom. The molecule has 0 radical (unpaired) electrons. The summed E-state index contributed by atoms with van der Waals surface area (Å²) in [5, 5.41) is 2.06. The Bertz CT molecular complexity index is 530. The van der Waals surface area contributed by atoms with Gasteiger partial charge in [0.2, 0.25) is 0 Å². The second-order valence-corrected chi connectivity index (χ2v) is 6.30. The molecule has 0 spiro atoms. The van der Waals surface area contributed by atoms with Gasteiger partial charge >= 0.3 is 0 Å². The maximum atomic E-state index is 13.1. The molecule has 2 rings (SSSR count). The monoisotopic (exact) mass is 342 g/mol. The van der Waals surface area contributed by atoms with E-state index >= 15 is 0 Å². The van der Waals surface area contributed by atoms with E-state index in [1.165, 1.54) is 17.0 Å². The van der Waals surface area contributed by atoms with Crippen LogP contribution in [-0.4, -0.2) is 18.5 Å². The van der Waals surface area contributed by atoms with Gasteiger partial charge < -0.3 is 5.73 Å². The van der Waals surface area contributed by atoms with Crippen LogP contribution in [0.3, 0.4) is 0 Å². The lowest BCUT2D eigenvalue weighted by Crippen LogP contribution is -2.30. The van der Waals surface area contributed by atoms with Crippen molar-refractivity contribution in [2.24, 2.45) is 5.73 Å². The third-order valence-corrected chi connectivity index (χ3v) is 4.61. The predicted molar refractivity (Wildman–Crippen MR) is 81.7 cm³/mol. The van der Waals surface area contributed by atoms with Crippen molar-refractivity contribution in [1.29, 1.82) is 0 Å². The van der Waals surface area contributed by atoms with Gasteiger partial charge in [0.15, 0.2) is 0 Å². The molecule has 1 aromatic heterocycles. The topological polar surface area (TPSA) is 29.3 Å². The fourth-order valence-electron chi connectivity index (χ4n) is 2.07. The standard InChI is InChI=1S/C14H16BrFN2S/c1-18(9-11-3-2-6-19-11)14(8-17)12-5-4-10(16)7-13(12)15/h2-7,14H,8-9,17H2,1H3. The lowest BCUT2D eigenvalue weighted by atomic mass is 10.1. The molecule has 0 bridgehead atoms. The summed E-state index contributed by atoms with van der Waals surface area (Å²) in [5.41, 5.74) is 6.91. The Labute approximate surface area is 125 Å². The van der Waals surface area contributed by atoms with Gasteiger partial charge in [0.1, 0.15) is 5.82 Å². The first-order valence-electron chi connectivity index (χ1n) is 5.99. The summed E-state index contributed by atoms with van der Waals surface area (Å²) in [6, 6.07) is 8.96. The van der Waals surface area contributed by atoms with Gasteiger partial charge in [0, 0.05) is 28.5 Å². The molecule has 5 heteroatoms. The van der Waals surface area contributed by atoms with Crippen LogP contribution in [0.15, 0.2) is 40.2 Å². The fraction of sp³-hybridized carbons (Fsp3) is 0.286. The quantitative estimate of drug-likeness (QED) is 0.895. The highest BCUT2D eigenvalue weighted by atomic mass is 79.9. The first-order valence-corrected chi connectivity index (χ1v) is 7.66. The van der Waals surface area contributed by atoms with Crippen LogP contribution < -0.4 is 5.73 Å². The molecular formula is C14H16BrFN2S. The Kier molecular flexibility index (Phi) is 5.10. The zero-order valence-electron chi connectivity index (χ0n) is 10.6. The minimum absolute atomic E-state index is 0.0667. The maximum absolute atomic E-state index is 13.1. The number of rotatable bonds is 5. The third kappa shape index (κ3) is 3.63. The van der Waals surface area contributed by atoms with Gasteiger partial charge in [-0.15, -0.1) is 11.3 Å². The lowest BCUT2D eigenvalue weighted by molar-refractivity contribution is 0.243. The minimum atomic E-state index is -0.243. The van der Waals surface area contributed by atoms with Gasteiger partial charge in [-0.05, 0) is 36.2 Å².